The highest BCUT2D eigenvalue weighted by atomic mass is 14.4. The zero-order valence-corrected chi connectivity index (χ0v) is 5.90. The molecule has 0 radical (unpaired) electrons. The molecule has 2 aliphatic carbocycles. The molecule has 50 valence electrons. The average Bonchev–Trinajstić information content (AvgIpc) is 1.87. The lowest BCUT2D eigenvalue weighted by Crippen LogP contribution is -2.28. The fourth-order valence-corrected chi connectivity index (χ4v) is 2.04. The van der Waals surface area contributed by atoms with Crippen LogP contribution in [0.1, 0.15) is 38.5 Å². The summed E-state index contributed by atoms with van der Waals surface area (Å²) in [4.78, 5) is 0. The molecular weight excluding hydrogens is 108 g/mol. The minimum absolute atomic E-state index is 0.720. The van der Waals surface area contributed by atoms with Gasteiger partial charge in [0, 0.05) is 0 Å². The van der Waals surface area contributed by atoms with Gasteiger partial charge >= 0.3 is 0 Å². The molecule has 0 N–H and O–H groups in total. The highest BCUT2D eigenvalue weighted by Crippen LogP contribution is 2.48. The molecule has 9 heavy (non-hydrogen) atoms. The smallest absolute Gasteiger partial charge is 0.0118 e. The molecule has 0 aromatic carbocycles. The van der Waals surface area contributed by atoms with Gasteiger partial charge in [0.1, 0.15) is 0 Å². The Bertz CT molecular complexity index is 129. The summed E-state index contributed by atoms with van der Waals surface area (Å²) < 4.78 is 0. The van der Waals surface area contributed by atoms with Crippen LogP contribution in [0.5, 0.6) is 0 Å². The van der Waals surface area contributed by atoms with Crippen molar-refractivity contribution in [2.45, 2.75) is 38.5 Å². The van der Waals surface area contributed by atoms with E-state index in [2.05, 4.69) is 12.2 Å². The van der Waals surface area contributed by atoms with Crippen LogP contribution in [0.3, 0.4) is 0 Å². The summed E-state index contributed by atoms with van der Waals surface area (Å²) in [6, 6.07) is 0. The van der Waals surface area contributed by atoms with E-state index in [1.54, 1.807) is 0 Å². The lowest BCUT2D eigenvalue weighted by Gasteiger charge is -2.41. The predicted molar refractivity (Wildman–Crippen MR) is 39.3 cm³/mol. The average molecular weight is 122 g/mol. The zero-order chi connectivity index (χ0) is 6.16. The van der Waals surface area contributed by atoms with Crippen molar-refractivity contribution < 1.29 is 0 Å². The summed E-state index contributed by atoms with van der Waals surface area (Å²) in [6.45, 7) is 0. The van der Waals surface area contributed by atoms with Crippen molar-refractivity contribution in [3.63, 3.8) is 0 Å². The SMILES string of the molecule is C1=CC2(CCC1)CCC2. The monoisotopic (exact) mass is 122 g/mol. The van der Waals surface area contributed by atoms with Crippen molar-refractivity contribution in [1.82, 2.24) is 0 Å². The van der Waals surface area contributed by atoms with Crippen LogP contribution in [0.4, 0.5) is 0 Å². The summed E-state index contributed by atoms with van der Waals surface area (Å²) in [6.07, 6.45) is 13.5. The Labute approximate surface area is 57.0 Å². The van der Waals surface area contributed by atoms with Gasteiger partial charge < -0.3 is 0 Å². The summed E-state index contributed by atoms with van der Waals surface area (Å²) in [7, 11) is 0. The third-order valence-electron chi connectivity index (χ3n) is 2.87. The number of hydrogen-bond donors (Lipinski definition) is 0. The van der Waals surface area contributed by atoms with Gasteiger partial charge in [-0.25, -0.2) is 0 Å². The maximum atomic E-state index is 2.47. The normalized spacial score (nSPS) is 30.2. The van der Waals surface area contributed by atoms with Gasteiger partial charge in [-0.3, -0.25) is 0 Å². The molecule has 0 heteroatoms. The molecule has 0 aliphatic heterocycles. The van der Waals surface area contributed by atoms with Crippen LogP contribution in [0, 0.1) is 5.41 Å². The van der Waals surface area contributed by atoms with Crippen LogP contribution < -0.4 is 0 Å². The first-order valence-electron chi connectivity index (χ1n) is 4.09. The first-order valence-corrected chi connectivity index (χ1v) is 4.09. The van der Waals surface area contributed by atoms with Crippen LogP contribution in [0.2, 0.25) is 0 Å². The molecule has 0 saturated heterocycles. The second-order valence-corrected chi connectivity index (χ2v) is 3.51. The molecule has 2 aliphatic rings. The maximum absolute atomic E-state index is 2.47. The summed E-state index contributed by atoms with van der Waals surface area (Å²) >= 11 is 0. The van der Waals surface area contributed by atoms with E-state index < -0.39 is 0 Å². The van der Waals surface area contributed by atoms with E-state index in [1.807, 2.05) is 0 Å². The van der Waals surface area contributed by atoms with Crippen LogP contribution in [0.15, 0.2) is 12.2 Å². The zero-order valence-electron chi connectivity index (χ0n) is 5.90. The Kier molecular flexibility index (Phi) is 1.14. The Hall–Kier alpha value is -0.260. The lowest BCUT2D eigenvalue weighted by atomic mass is 9.64. The molecule has 0 amide bonds. The standard InChI is InChI=1S/C9H14/c1-2-5-9(6-3-1)7-4-8-9/h2,5H,1,3-4,6-8H2. The number of allylic oxidation sites excluding steroid dienone is 2. The minimum Gasteiger partial charge on any atom is -0.0880 e. The van der Waals surface area contributed by atoms with Gasteiger partial charge in [-0.15, -0.1) is 0 Å². The van der Waals surface area contributed by atoms with Gasteiger partial charge in [-0.05, 0) is 37.5 Å². The molecule has 0 aromatic rings. The molecule has 2 rings (SSSR count). The third-order valence-corrected chi connectivity index (χ3v) is 2.87. The topological polar surface area (TPSA) is 0 Å². The van der Waals surface area contributed by atoms with Gasteiger partial charge in [0.15, 0.2) is 0 Å². The van der Waals surface area contributed by atoms with E-state index in [0.29, 0.717) is 0 Å². The molecule has 1 fully saturated rings. The van der Waals surface area contributed by atoms with Gasteiger partial charge in [0.2, 0.25) is 0 Å². The molecule has 1 saturated carbocycles. The van der Waals surface area contributed by atoms with Crippen molar-refractivity contribution in [3.05, 3.63) is 12.2 Å². The van der Waals surface area contributed by atoms with Crippen LogP contribution in [0.25, 0.3) is 0 Å². The van der Waals surface area contributed by atoms with Gasteiger partial charge in [-0.2, -0.15) is 0 Å². The highest BCUT2D eigenvalue weighted by molar-refractivity contribution is 5.07. The summed E-state index contributed by atoms with van der Waals surface area (Å²) in [5.74, 6) is 0. The number of rotatable bonds is 0. The molecule has 0 aromatic heterocycles. The molecule has 0 nitrogen and oxygen atoms in total. The molecular formula is C9H14. The van der Waals surface area contributed by atoms with Crippen molar-refractivity contribution in [1.29, 1.82) is 0 Å². The highest BCUT2D eigenvalue weighted by Gasteiger charge is 2.34. The Morgan fingerprint density at radius 3 is 2.11 bits per heavy atom. The third kappa shape index (κ3) is 0.810. The Balaban J connectivity index is 2.09. The summed E-state index contributed by atoms with van der Waals surface area (Å²) in [5.41, 5.74) is 0.720. The Morgan fingerprint density at radius 2 is 1.78 bits per heavy atom. The quantitative estimate of drug-likeness (QED) is 0.433. The lowest BCUT2D eigenvalue weighted by molar-refractivity contribution is 0.176. The van der Waals surface area contributed by atoms with E-state index in [0.717, 1.165) is 5.41 Å². The minimum atomic E-state index is 0.720. The van der Waals surface area contributed by atoms with Gasteiger partial charge in [0.25, 0.3) is 0 Å². The number of hydrogen-bond acceptors (Lipinski definition) is 0. The summed E-state index contributed by atoms with van der Waals surface area (Å²) in [5, 5.41) is 0. The van der Waals surface area contributed by atoms with E-state index in [-0.39, 0.29) is 0 Å². The fourth-order valence-electron chi connectivity index (χ4n) is 2.04. The van der Waals surface area contributed by atoms with Crippen molar-refractivity contribution in [3.8, 4) is 0 Å². The van der Waals surface area contributed by atoms with E-state index in [4.69, 9.17) is 0 Å². The van der Waals surface area contributed by atoms with Crippen LogP contribution in [-0.2, 0) is 0 Å². The molecule has 1 spiro atoms. The second-order valence-electron chi connectivity index (χ2n) is 3.51. The first kappa shape index (κ1) is 5.52. The molecule has 0 bridgehead atoms. The molecule has 0 atom stereocenters. The van der Waals surface area contributed by atoms with Gasteiger partial charge in [-0.1, -0.05) is 18.6 Å². The maximum Gasteiger partial charge on any atom is -0.0118 e. The predicted octanol–water partition coefficient (Wildman–Crippen LogP) is 2.90. The van der Waals surface area contributed by atoms with Crippen molar-refractivity contribution in [2.75, 3.05) is 0 Å². The van der Waals surface area contributed by atoms with Gasteiger partial charge in [0.05, 0.1) is 0 Å². The van der Waals surface area contributed by atoms with Crippen molar-refractivity contribution >= 4 is 0 Å². The van der Waals surface area contributed by atoms with Crippen LogP contribution in [-0.4, -0.2) is 0 Å². The second kappa shape index (κ2) is 1.86. The van der Waals surface area contributed by atoms with Crippen LogP contribution >= 0.6 is 0 Å². The Morgan fingerprint density at radius 1 is 1.00 bits per heavy atom. The molecule has 0 heterocycles. The van der Waals surface area contributed by atoms with E-state index in [1.165, 1.54) is 38.5 Å². The first-order chi connectivity index (χ1) is 4.41. The molecule has 0 unspecified atom stereocenters. The fraction of sp³-hybridized carbons (Fsp3) is 0.778. The largest absolute Gasteiger partial charge is 0.0880 e. The van der Waals surface area contributed by atoms with E-state index >= 15 is 0 Å². The van der Waals surface area contributed by atoms with Crippen molar-refractivity contribution in [2.24, 2.45) is 5.41 Å². The van der Waals surface area contributed by atoms with E-state index in [9.17, 15) is 0 Å².